The first-order valence-corrected chi connectivity index (χ1v) is 6.88. The van der Waals surface area contributed by atoms with E-state index in [2.05, 4.69) is 20.5 Å². The van der Waals surface area contributed by atoms with Gasteiger partial charge >= 0.3 is 0 Å². The maximum atomic E-state index is 12.1. The third-order valence-electron chi connectivity index (χ3n) is 3.20. The van der Waals surface area contributed by atoms with Gasteiger partial charge in [0.2, 0.25) is 0 Å². The average molecular weight is 307 g/mol. The van der Waals surface area contributed by atoms with Gasteiger partial charge in [-0.2, -0.15) is 0 Å². The molecule has 114 valence electrons. The summed E-state index contributed by atoms with van der Waals surface area (Å²) in [5.41, 5.74) is 1.37. The summed E-state index contributed by atoms with van der Waals surface area (Å²) in [6.45, 7) is 1.49. The Morgan fingerprint density at radius 1 is 1.04 bits per heavy atom. The Morgan fingerprint density at radius 3 is 2.39 bits per heavy atom. The second-order valence-corrected chi connectivity index (χ2v) is 4.83. The van der Waals surface area contributed by atoms with E-state index in [9.17, 15) is 9.59 Å². The van der Waals surface area contributed by atoms with Crippen molar-refractivity contribution in [3.05, 3.63) is 66.4 Å². The van der Waals surface area contributed by atoms with Crippen molar-refractivity contribution in [2.75, 3.05) is 5.32 Å². The number of amides is 1. The van der Waals surface area contributed by atoms with Gasteiger partial charge in [0.25, 0.3) is 5.91 Å². The Labute approximate surface area is 132 Å². The molecule has 2 heterocycles. The lowest BCUT2D eigenvalue weighted by molar-refractivity contribution is 0.101. The number of hydrogen-bond donors (Lipinski definition) is 1. The number of benzene rings is 1. The SMILES string of the molecule is CC(=O)c1ccc(NC(=O)c2ccc(-n3ccnc3)nn2)cc1. The smallest absolute Gasteiger partial charge is 0.276 e. The van der Waals surface area contributed by atoms with Gasteiger partial charge in [0.1, 0.15) is 6.33 Å². The molecule has 3 aromatic rings. The molecule has 1 N–H and O–H groups in total. The molecule has 7 nitrogen and oxygen atoms in total. The highest BCUT2D eigenvalue weighted by molar-refractivity contribution is 6.03. The lowest BCUT2D eigenvalue weighted by Crippen LogP contribution is -2.15. The van der Waals surface area contributed by atoms with Crippen LogP contribution >= 0.6 is 0 Å². The summed E-state index contributed by atoms with van der Waals surface area (Å²) >= 11 is 0. The van der Waals surface area contributed by atoms with Crippen LogP contribution in [0.4, 0.5) is 5.69 Å². The number of nitrogens with one attached hydrogen (secondary N) is 1. The number of hydrogen-bond acceptors (Lipinski definition) is 5. The Hall–Kier alpha value is -3.35. The molecule has 23 heavy (non-hydrogen) atoms. The molecule has 0 fully saturated rings. The molecule has 7 heteroatoms. The van der Waals surface area contributed by atoms with E-state index < -0.39 is 0 Å². The van der Waals surface area contributed by atoms with Crippen LogP contribution in [0.1, 0.15) is 27.8 Å². The summed E-state index contributed by atoms with van der Waals surface area (Å²) in [4.78, 5) is 27.3. The van der Waals surface area contributed by atoms with Gasteiger partial charge in [-0.05, 0) is 43.3 Å². The molecule has 0 spiro atoms. The van der Waals surface area contributed by atoms with Crippen molar-refractivity contribution >= 4 is 17.4 Å². The number of Topliss-reactive ketones (excluding diaryl/α,β-unsaturated/α-hetero) is 1. The zero-order chi connectivity index (χ0) is 16.2. The van der Waals surface area contributed by atoms with Crippen LogP contribution in [-0.4, -0.2) is 31.4 Å². The molecule has 0 aliphatic carbocycles. The third kappa shape index (κ3) is 3.29. The standard InChI is InChI=1S/C16H13N5O2/c1-11(22)12-2-4-13(5-3-12)18-16(23)14-6-7-15(20-19-14)21-9-8-17-10-21/h2-10H,1H3,(H,18,23). The summed E-state index contributed by atoms with van der Waals surface area (Å²) in [6.07, 6.45) is 4.97. The quantitative estimate of drug-likeness (QED) is 0.746. The number of carbonyl (C=O) groups is 2. The molecule has 0 atom stereocenters. The maximum Gasteiger partial charge on any atom is 0.276 e. The topological polar surface area (TPSA) is 89.8 Å². The molecular weight excluding hydrogens is 294 g/mol. The van der Waals surface area contributed by atoms with E-state index in [0.29, 0.717) is 17.1 Å². The summed E-state index contributed by atoms with van der Waals surface area (Å²) in [5, 5.41) is 10.6. The monoisotopic (exact) mass is 307 g/mol. The van der Waals surface area contributed by atoms with E-state index in [-0.39, 0.29) is 17.4 Å². The molecule has 0 saturated carbocycles. The van der Waals surface area contributed by atoms with Crippen molar-refractivity contribution in [2.45, 2.75) is 6.92 Å². The fourth-order valence-electron chi connectivity index (χ4n) is 1.96. The fraction of sp³-hybridized carbons (Fsp3) is 0.0625. The summed E-state index contributed by atoms with van der Waals surface area (Å²) < 4.78 is 1.69. The molecule has 3 rings (SSSR count). The highest BCUT2D eigenvalue weighted by Crippen LogP contribution is 2.11. The Morgan fingerprint density at radius 2 is 1.83 bits per heavy atom. The van der Waals surface area contributed by atoms with Crippen LogP contribution in [0.3, 0.4) is 0 Å². The van der Waals surface area contributed by atoms with Gasteiger partial charge in [0.05, 0.1) is 0 Å². The summed E-state index contributed by atoms with van der Waals surface area (Å²) in [6, 6.07) is 9.92. The molecule has 0 aliphatic rings. The molecule has 0 bridgehead atoms. The predicted molar refractivity (Wildman–Crippen MR) is 83.6 cm³/mol. The lowest BCUT2D eigenvalue weighted by Gasteiger charge is -2.05. The molecule has 0 radical (unpaired) electrons. The average Bonchev–Trinajstić information content (AvgIpc) is 3.10. The minimum Gasteiger partial charge on any atom is -0.321 e. The lowest BCUT2D eigenvalue weighted by atomic mass is 10.1. The predicted octanol–water partition coefficient (Wildman–Crippen LogP) is 2.12. The van der Waals surface area contributed by atoms with E-state index in [0.717, 1.165) is 0 Å². The first-order valence-electron chi connectivity index (χ1n) is 6.88. The van der Waals surface area contributed by atoms with Gasteiger partial charge in [0, 0.05) is 23.6 Å². The van der Waals surface area contributed by atoms with Gasteiger partial charge in [0.15, 0.2) is 17.3 Å². The van der Waals surface area contributed by atoms with Gasteiger partial charge in [-0.3, -0.25) is 14.2 Å². The molecule has 1 aromatic carbocycles. The minimum absolute atomic E-state index is 0.0242. The third-order valence-corrected chi connectivity index (χ3v) is 3.20. The normalized spacial score (nSPS) is 10.3. The van der Waals surface area contributed by atoms with E-state index in [4.69, 9.17) is 0 Å². The first kappa shape index (κ1) is 14.6. The minimum atomic E-state index is -0.370. The van der Waals surface area contributed by atoms with Gasteiger partial charge in [-0.25, -0.2) is 4.98 Å². The van der Waals surface area contributed by atoms with Crippen molar-refractivity contribution in [3.8, 4) is 5.82 Å². The molecule has 0 saturated heterocycles. The van der Waals surface area contributed by atoms with E-state index in [1.54, 1.807) is 59.7 Å². The van der Waals surface area contributed by atoms with Crippen LogP contribution in [0.15, 0.2) is 55.1 Å². The van der Waals surface area contributed by atoms with Crippen LogP contribution in [-0.2, 0) is 0 Å². The maximum absolute atomic E-state index is 12.1. The first-order chi connectivity index (χ1) is 11.1. The molecule has 0 unspecified atom stereocenters. The largest absolute Gasteiger partial charge is 0.321 e. The van der Waals surface area contributed by atoms with E-state index in [1.807, 2.05) is 0 Å². The molecular formula is C16H13N5O2. The summed E-state index contributed by atoms with van der Waals surface area (Å²) in [5.74, 6) is 0.180. The number of aromatic nitrogens is 4. The molecule has 1 amide bonds. The fourth-order valence-corrected chi connectivity index (χ4v) is 1.96. The zero-order valence-electron chi connectivity index (χ0n) is 12.3. The second kappa shape index (κ2) is 6.18. The Bertz CT molecular complexity index is 824. The van der Waals surface area contributed by atoms with Crippen LogP contribution in [0.25, 0.3) is 5.82 Å². The Kier molecular flexibility index (Phi) is 3.92. The number of ketones is 1. The number of rotatable bonds is 4. The van der Waals surface area contributed by atoms with Crippen LogP contribution in [0.2, 0.25) is 0 Å². The zero-order valence-corrected chi connectivity index (χ0v) is 12.3. The number of imidazole rings is 1. The molecule has 2 aromatic heterocycles. The van der Waals surface area contributed by atoms with Gasteiger partial charge in [-0.1, -0.05) is 0 Å². The second-order valence-electron chi connectivity index (χ2n) is 4.83. The van der Waals surface area contributed by atoms with Crippen molar-refractivity contribution in [2.24, 2.45) is 0 Å². The molecule has 0 aliphatic heterocycles. The summed E-state index contributed by atoms with van der Waals surface area (Å²) in [7, 11) is 0. The van der Waals surface area contributed by atoms with E-state index in [1.165, 1.54) is 6.92 Å². The van der Waals surface area contributed by atoms with Crippen LogP contribution in [0, 0.1) is 0 Å². The van der Waals surface area contributed by atoms with Crippen LogP contribution < -0.4 is 5.32 Å². The van der Waals surface area contributed by atoms with Crippen LogP contribution in [0.5, 0.6) is 0 Å². The van der Waals surface area contributed by atoms with Crippen molar-refractivity contribution in [3.63, 3.8) is 0 Å². The number of anilines is 1. The van der Waals surface area contributed by atoms with Crippen molar-refractivity contribution in [1.82, 2.24) is 19.7 Å². The van der Waals surface area contributed by atoms with Crippen molar-refractivity contribution < 1.29 is 9.59 Å². The van der Waals surface area contributed by atoms with E-state index >= 15 is 0 Å². The Balaban J connectivity index is 1.71. The highest BCUT2D eigenvalue weighted by atomic mass is 16.2. The highest BCUT2D eigenvalue weighted by Gasteiger charge is 2.09. The van der Waals surface area contributed by atoms with Gasteiger partial charge < -0.3 is 5.32 Å². The number of carbonyl (C=O) groups excluding carboxylic acids is 2. The van der Waals surface area contributed by atoms with Gasteiger partial charge in [-0.15, -0.1) is 10.2 Å². The van der Waals surface area contributed by atoms with Crippen molar-refractivity contribution in [1.29, 1.82) is 0 Å². The number of nitrogens with zero attached hydrogens (tertiary/aromatic N) is 4.